The molecule has 1 aliphatic rings. The van der Waals surface area contributed by atoms with Crippen LogP contribution in [0.4, 0.5) is 0 Å². The van der Waals surface area contributed by atoms with Crippen molar-refractivity contribution in [2.24, 2.45) is 5.92 Å². The van der Waals surface area contributed by atoms with Gasteiger partial charge in [0.1, 0.15) is 17.1 Å². The van der Waals surface area contributed by atoms with Gasteiger partial charge in [-0.25, -0.2) is 14.4 Å². The van der Waals surface area contributed by atoms with E-state index < -0.39 is 31.0 Å². The Morgan fingerprint density at radius 2 is 1.40 bits per heavy atom. The third-order valence-corrected chi connectivity index (χ3v) is 6.18. The van der Waals surface area contributed by atoms with Crippen LogP contribution in [0.15, 0.2) is 18.2 Å². The van der Waals surface area contributed by atoms with Crippen LogP contribution in [0.3, 0.4) is 0 Å². The molecule has 0 spiro atoms. The van der Waals surface area contributed by atoms with Crippen LogP contribution in [0.5, 0.6) is 11.5 Å². The fourth-order valence-electron chi connectivity index (χ4n) is 3.13. The van der Waals surface area contributed by atoms with Gasteiger partial charge in [-0.1, -0.05) is 63.7 Å². The molecule has 166 valence electrons. The number of benzene rings is 1. The predicted octanol–water partition coefficient (Wildman–Crippen LogP) is 3.64. The van der Waals surface area contributed by atoms with Gasteiger partial charge in [0.15, 0.2) is 7.47 Å². The van der Waals surface area contributed by atoms with Gasteiger partial charge in [0, 0.05) is 24.8 Å². The van der Waals surface area contributed by atoms with Gasteiger partial charge in [0.25, 0.3) is 0 Å². The third kappa shape index (κ3) is 7.58. The Kier molecular flexibility index (Phi) is 9.79. The van der Waals surface area contributed by atoms with Gasteiger partial charge in [-0.3, -0.25) is 0 Å². The Morgan fingerprint density at radius 1 is 0.933 bits per heavy atom. The summed E-state index contributed by atoms with van der Waals surface area (Å²) in [6.45, 7) is 5.79. The molecule has 1 fully saturated rings. The number of ether oxygens (including phenoxy) is 3. The first-order valence-corrected chi connectivity index (χ1v) is 12.9. The minimum Gasteiger partial charge on any atom is -0.456 e. The molecule has 0 aromatic heterocycles. The van der Waals surface area contributed by atoms with Crippen molar-refractivity contribution in [3.05, 3.63) is 23.8 Å². The zero-order valence-corrected chi connectivity index (χ0v) is 22.7. The van der Waals surface area contributed by atoms with Crippen molar-refractivity contribution in [2.45, 2.75) is 39.8 Å². The summed E-state index contributed by atoms with van der Waals surface area (Å²) in [7, 11) is 0. The van der Waals surface area contributed by atoms with Crippen molar-refractivity contribution in [3.63, 3.8) is 0 Å². The fraction of sp³-hybridized carbons (Fsp3) is 0.526. The quantitative estimate of drug-likeness (QED) is 0.269. The molecular formula is C19H22Br4NO6+. The molecule has 0 amide bonds. The maximum atomic E-state index is 12.9. The minimum absolute atomic E-state index is 0.0481. The largest absolute Gasteiger partial charge is 0.456 e. The van der Waals surface area contributed by atoms with Crippen molar-refractivity contribution < 1.29 is 33.9 Å². The molecule has 2 N–H and O–H groups in total. The van der Waals surface area contributed by atoms with Crippen LogP contribution in [0.25, 0.3) is 0 Å². The van der Waals surface area contributed by atoms with E-state index in [1.165, 1.54) is 18.2 Å². The number of rotatable bonds is 7. The molecule has 2 rings (SSSR count). The molecule has 1 aliphatic heterocycles. The van der Waals surface area contributed by atoms with Crippen molar-refractivity contribution in [3.8, 4) is 11.5 Å². The number of hydrogen-bond acceptors (Lipinski definition) is 6. The molecule has 0 radical (unpaired) electrons. The van der Waals surface area contributed by atoms with E-state index in [4.69, 9.17) is 14.2 Å². The Hall–Kier alpha value is -0.490. The van der Waals surface area contributed by atoms with Crippen LogP contribution in [-0.4, -0.2) is 44.1 Å². The maximum Gasteiger partial charge on any atom is 0.338 e. The summed E-state index contributed by atoms with van der Waals surface area (Å²) in [6, 6.07) is 4.11. The summed E-state index contributed by atoms with van der Waals surface area (Å²) in [5.74, 6) is -1.51. The van der Waals surface area contributed by atoms with Crippen LogP contribution < -0.4 is 14.8 Å². The van der Waals surface area contributed by atoms with E-state index in [1.54, 1.807) is 0 Å². The van der Waals surface area contributed by atoms with E-state index >= 15 is 0 Å². The van der Waals surface area contributed by atoms with E-state index in [1.807, 2.05) is 13.8 Å². The standard InChI is InChI=1S/C19H21Br4NO6/c1-19(2,11-3-5-24-6-4-11)30-16(25)10-7-12(28-17(26)14(20)21)9-13(8-10)29-18(27)15(22)23/h7-9,11,14-15,24H,3-6H2,1-2H3/p+1. The van der Waals surface area contributed by atoms with Gasteiger partial charge in [-0.2, -0.15) is 0 Å². The van der Waals surface area contributed by atoms with E-state index in [-0.39, 0.29) is 23.0 Å². The SMILES string of the molecule is CC(C)(OC(=O)c1cc(OC(=O)C(Br)Br)cc(OC(=O)C(Br)Br)c1)C1CC[NH2+]CC1. The first kappa shape index (κ1) is 25.8. The summed E-state index contributed by atoms with van der Waals surface area (Å²) in [6.07, 6.45) is 1.91. The highest BCUT2D eigenvalue weighted by atomic mass is 79.9. The lowest BCUT2D eigenvalue weighted by Gasteiger charge is -2.35. The number of carbonyl (C=O) groups is 3. The number of piperidine rings is 1. The van der Waals surface area contributed by atoms with Gasteiger partial charge in [0.05, 0.1) is 18.7 Å². The molecular weight excluding hydrogens is 658 g/mol. The second kappa shape index (κ2) is 11.4. The maximum absolute atomic E-state index is 12.9. The van der Waals surface area contributed by atoms with Gasteiger partial charge >= 0.3 is 17.9 Å². The van der Waals surface area contributed by atoms with Crippen molar-refractivity contribution in [1.82, 2.24) is 0 Å². The lowest BCUT2D eigenvalue weighted by Crippen LogP contribution is -2.86. The minimum atomic E-state index is -0.733. The highest BCUT2D eigenvalue weighted by Gasteiger charge is 2.36. The molecule has 0 atom stereocenters. The molecule has 1 saturated heterocycles. The number of esters is 3. The molecule has 1 aromatic carbocycles. The molecule has 0 bridgehead atoms. The fourth-order valence-corrected chi connectivity index (χ4v) is 3.51. The Bertz CT molecular complexity index is 753. The summed E-state index contributed by atoms with van der Waals surface area (Å²) < 4.78 is 14.8. The summed E-state index contributed by atoms with van der Waals surface area (Å²) >= 11 is 12.2. The highest BCUT2D eigenvalue weighted by Crippen LogP contribution is 2.31. The van der Waals surface area contributed by atoms with Crippen molar-refractivity contribution in [2.75, 3.05) is 13.1 Å². The average Bonchev–Trinajstić information content (AvgIpc) is 2.67. The zero-order valence-electron chi connectivity index (χ0n) is 16.3. The van der Waals surface area contributed by atoms with Crippen LogP contribution in [0.2, 0.25) is 0 Å². The van der Waals surface area contributed by atoms with Crippen molar-refractivity contribution >= 4 is 81.6 Å². The Morgan fingerprint density at radius 3 is 1.83 bits per heavy atom. The molecule has 0 aliphatic carbocycles. The van der Waals surface area contributed by atoms with Gasteiger partial charge < -0.3 is 19.5 Å². The zero-order chi connectivity index (χ0) is 22.5. The van der Waals surface area contributed by atoms with Gasteiger partial charge in [-0.15, -0.1) is 0 Å². The molecule has 1 heterocycles. The summed E-state index contributed by atoms with van der Waals surface area (Å²) in [5.41, 5.74) is -0.553. The van der Waals surface area contributed by atoms with Crippen LogP contribution in [-0.2, 0) is 14.3 Å². The number of alkyl halides is 4. The monoisotopic (exact) mass is 676 g/mol. The summed E-state index contributed by atoms with van der Waals surface area (Å²) in [4.78, 5) is 36.7. The first-order valence-electron chi connectivity index (χ1n) is 9.19. The number of quaternary nitrogens is 1. The number of nitrogens with two attached hydrogens (primary N) is 1. The number of hydrogen-bond donors (Lipinski definition) is 1. The van der Waals surface area contributed by atoms with Gasteiger partial charge in [0.2, 0.25) is 0 Å². The summed E-state index contributed by atoms with van der Waals surface area (Å²) in [5, 5.41) is 2.24. The Balaban J connectivity index is 2.27. The predicted molar refractivity (Wildman–Crippen MR) is 125 cm³/mol. The molecule has 0 unspecified atom stereocenters. The van der Waals surface area contributed by atoms with Crippen LogP contribution >= 0.6 is 63.7 Å². The topological polar surface area (TPSA) is 95.5 Å². The average molecular weight is 680 g/mol. The lowest BCUT2D eigenvalue weighted by molar-refractivity contribution is -0.665. The Labute approximate surface area is 208 Å². The molecule has 0 saturated carbocycles. The number of halogens is 4. The smallest absolute Gasteiger partial charge is 0.338 e. The number of carbonyl (C=O) groups excluding carboxylic acids is 3. The van der Waals surface area contributed by atoms with Crippen LogP contribution in [0, 0.1) is 5.92 Å². The molecule has 11 heteroatoms. The normalized spacial score (nSPS) is 15.2. The lowest BCUT2D eigenvalue weighted by atomic mass is 9.83. The van der Waals surface area contributed by atoms with Crippen LogP contribution in [0.1, 0.15) is 37.0 Å². The molecule has 1 aromatic rings. The third-order valence-electron chi connectivity index (χ3n) is 4.69. The first-order chi connectivity index (χ1) is 14.0. The second-order valence-corrected chi connectivity index (χ2v) is 13.4. The highest BCUT2D eigenvalue weighted by molar-refractivity contribution is 9.25. The van der Waals surface area contributed by atoms with E-state index in [2.05, 4.69) is 69.0 Å². The molecule has 7 nitrogen and oxygen atoms in total. The second-order valence-electron chi connectivity index (χ2n) is 7.27. The molecule has 30 heavy (non-hydrogen) atoms. The van der Waals surface area contributed by atoms with Gasteiger partial charge in [-0.05, 0) is 26.0 Å². The van der Waals surface area contributed by atoms with E-state index in [0.717, 1.165) is 25.9 Å². The van der Waals surface area contributed by atoms with E-state index in [0.29, 0.717) is 0 Å². The van der Waals surface area contributed by atoms with Crippen molar-refractivity contribution in [1.29, 1.82) is 0 Å². The van der Waals surface area contributed by atoms with E-state index in [9.17, 15) is 14.4 Å².